The lowest BCUT2D eigenvalue weighted by Gasteiger charge is -2.06. The number of aromatic carboxylic acids is 1. The van der Waals surface area contributed by atoms with Crippen molar-refractivity contribution in [3.05, 3.63) is 29.6 Å². The Morgan fingerprint density at radius 2 is 2.21 bits per heavy atom. The van der Waals surface area contributed by atoms with E-state index < -0.39 is 5.97 Å². The lowest BCUT2D eigenvalue weighted by Crippen LogP contribution is -2.13. The molecule has 0 aliphatic rings. The van der Waals surface area contributed by atoms with Gasteiger partial charge in [0.1, 0.15) is 0 Å². The molecule has 1 aromatic carbocycles. The molecule has 2 rings (SSSR count). The van der Waals surface area contributed by atoms with E-state index in [0.29, 0.717) is 28.0 Å². The Hall–Kier alpha value is -2.22. The zero-order chi connectivity index (χ0) is 14.0. The summed E-state index contributed by atoms with van der Waals surface area (Å²) in [6.07, 6.45) is 0.678. The van der Waals surface area contributed by atoms with E-state index in [2.05, 4.69) is 10.2 Å². The van der Waals surface area contributed by atoms with Crippen molar-refractivity contribution in [2.45, 2.75) is 23.4 Å². The summed E-state index contributed by atoms with van der Waals surface area (Å²) in [5.74, 6) is 5.48. The van der Waals surface area contributed by atoms with Gasteiger partial charge in [0.2, 0.25) is 5.16 Å². The summed E-state index contributed by atoms with van der Waals surface area (Å²) < 4.78 is 1.40. The minimum atomic E-state index is -1.02. The molecule has 7 nitrogen and oxygen atoms in total. The highest BCUT2D eigenvalue weighted by Crippen LogP contribution is 2.31. The van der Waals surface area contributed by atoms with Crippen LogP contribution in [0.5, 0.6) is 0 Å². The number of carboxylic acid groups (broad SMARTS) is 1. The lowest BCUT2D eigenvalue weighted by molar-refractivity contribution is 0.0697. The van der Waals surface area contributed by atoms with Gasteiger partial charge in [-0.1, -0.05) is 6.92 Å². The van der Waals surface area contributed by atoms with E-state index in [-0.39, 0.29) is 5.56 Å². The van der Waals surface area contributed by atoms with Gasteiger partial charge in [-0.2, -0.15) is 0 Å². The molecule has 0 bridgehead atoms. The minimum absolute atomic E-state index is 0.144. The van der Waals surface area contributed by atoms with Gasteiger partial charge in [-0.3, -0.25) is 0 Å². The van der Waals surface area contributed by atoms with Crippen LogP contribution in [-0.2, 0) is 6.42 Å². The Labute approximate surface area is 113 Å². The number of carboxylic acids is 1. The number of hydrogen-bond acceptors (Lipinski definition) is 6. The predicted octanol–water partition coefficient (Wildman–Crippen LogP) is 0.986. The third-order valence-electron chi connectivity index (χ3n) is 2.51. The molecular weight excluding hydrogens is 266 g/mol. The van der Waals surface area contributed by atoms with Crippen LogP contribution >= 0.6 is 11.8 Å². The largest absolute Gasteiger partial charge is 0.478 e. The monoisotopic (exact) mass is 279 g/mol. The molecule has 0 saturated heterocycles. The van der Waals surface area contributed by atoms with Crippen molar-refractivity contribution in [1.82, 2.24) is 14.9 Å². The van der Waals surface area contributed by atoms with Gasteiger partial charge in [0.05, 0.1) is 5.56 Å². The molecule has 1 heterocycles. The summed E-state index contributed by atoms with van der Waals surface area (Å²) in [5, 5.41) is 17.3. The molecule has 0 aliphatic carbocycles. The van der Waals surface area contributed by atoms with Crippen LogP contribution in [0.2, 0.25) is 0 Å². The van der Waals surface area contributed by atoms with Crippen LogP contribution in [0.15, 0.2) is 28.3 Å². The average Bonchev–Trinajstić information content (AvgIpc) is 2.72. The molecule has 0 radical (unpaired) electrons. The van der Waals surface area contributed by atoms with Gasteiger partial charge >= 0.3 is 5.97 Å². The topological polar surface area (TPSA) is 120 Å². The Morgan fingerprint density at radius 3 is 2.74 bits per heavy atom. The van der Waals surface area contributed by atoms with Gasteiger partial charge in [0.15, 0.2) is 5.82 Å². The minimum Gasteiger partial charge on any atom is -0.478 e. The summed E-state index contributed by atoms with van der Waals surface area (Å²) in [4.78, 5) is 11.5. The zero-order valence-corrected chi connectivity index (χ0v) is 11.0. The van der Waals surface area contributed by atoms with Crippen molar-refractivity contribution >= 4 is 23.4 Å². The Kier molecular flexibility index (Phi) is 3.61. The van der Waals surface area contributed by atoms with E-state index in [4.69, 9.17) is 16.7 Å². The van der Waals surface area contributed by atoms with Crippen molar-refractivity contribution in [3.8, 4) is 0 Å². The molecule has 2 aromatic rings. The molecule has 0 spiro atoms. The molecule has 0 amide bonds. The van der Waals surface area contributed by atoms with Crippen molar-refractivity contribution < 1.29 is 9.90 Å². The third kappa shape index (κ3) is 2.63. The van der Waals surface area contributed by atoms with E-state index in [1.807, 2.05) is 6.92 Å². The number of nitrogens with two attached hydrogens (primary N) is 2. The highest BCUT2D eigenvalue weighted by atomic mass is 32.2. The summed E-state index contributed by atoms with van der Waals surface area (Å²) >= 11 is 1.24. The smallest absolute Gasteiger partial charge is 0.335 e. The fraction of sp³-hybridized carbons (Fsp3) is 0.182. The van der Waals surface area contributed by atoms with Gasteiger partial charge in [-0.05, 0) is 30.0 Å². The van der Waals surface area contributed by atoms with Gasteiger partial charge in [-0.25, -0.2) is 9.47 Å². The van der Waals surface area contributed by atoms with E-state index in [1.54, 1.807) is 6.07 Å². The van der Waals surface area contributed by atoms with E-state index in [1.165, 1.54) is 28.6 Å². The summed E-state index contributed by atoms with van der Waals surface area (Å²) in [5.41, 5.74) is 6.32. The maximum atomic E-state index is 10.8. The number of aryl methyl sites for hydroxylation is 1. The SMILES string of the molecule is CCc1nnc(Sc2ccc(C(=O)O)cc2N)n1N. The highest BCUT2D eigenvalue weighted by Gasteiger charge is 2.12. The summed E-state index contributed by atoms with van der Waals surface area (Å²) in [7, 11) is 0. The second kappa shape index (κ2) is 5.19. The average molecular weight is 279 g/mol. The first-order chi connectivity index (χ1) is 9.02. The second-order valence-corrected chi connectivity index (χ2v) is 4.79. The molecule has 0 fully saturated rings. The first-order valence-electron chi connectivity index (χ1n) is 5.53. The van der Waals surface area contributed by atoms with Crippen molar-refractivity contribution in [2.24, 2.45) is 0 Å². The predicted molar refractivity (Wildman–Crippen MR) is 71.5 cm³/mol. The van der Waals surface area contributed by atoms with Crippen LogP contribution in [-0.4, -0.2) is 25.9 Å². The maximum Gasteiger partial charge on any atom is 0.335 e. The fourth-order valence-electron chi connectivity index (χ4n) is 1.49. The van der Waals surface area contributed by atoms with Crippen LogP contribution in [0.3, 0.4) is 0 Å². The Bertz CT molecular complexity index is 626. The second-order valence-electron chi connectivity index (χ2n) is 3.78. The standard InChI is InChI=1S/C11H13N5O2S/c1-2-9-14-15-11(16(9)13)19-8-4-3-6(10(17)18)5-7(8)12/h3-5H,2,12-13H2,1H3,(H,17,18). The van der Waals surface area contributed by atoms with Crippen LogP contribution in [0, 0.1) is 0 Å². The molecule has 0 saturated carbocycles. The molecule has 0 aliphatic heterocycles. The van der Waals surface area contributed by atoms with Crippen molar-refractivity contribution in [1.29, 1.82) is 0 Å². The molecule has 19 heavy (non-hydrogen) atoms. The number of aromatic nitrogens is 3. The van der Waals surface area contributed by atoms with Crippen LogP contribution < -0.4 is 11.6 Å². The van der Waals surface area contributed by atoms with Crippen LogP contribution in [0.1, 0.15) is 23.1 Å². The van der Waals surface area contributed by atoms with Gasteiger partial charge in [0.25, 0.3) is 0 Å². The molecule has 1 aromatic heterocycles. The van der Waals surface area contributed by atoms with Gasteiger partial charge < -0.3 is 16.7 Å². The number of hydrogen-bond donors (Lipinski definition) is 3. The molecule has 8 heteroatoms. The first-order valence-corrected chi connectivity index (χ1v) is 6.34. The van der Waals surface area contributed by atoms with Crippen LogP contribution in [0.25, 0.3) is 0 Å². The quantitative estimate of drug-likeness (QED) is 0.563. The highest BCUT2D eigenvalue weighted by molar-refractivity contribution is 7.99. The Balaban J connectivity index is 2.28. The first kappa shape index (κ1) is 13.2. The number of nitrogen functional groups attached to an aromatic ring is 2. The van der Waals surface area contributed by atoms with Crippen molar-refractivity contribution in [2.75, 3.05) is 11.6 Å². The number of anilines is 1. The molecule has 0 atom stereocenters. The zero-order valence-electron chi connectivity index (χ0n) is 10.2. The third-order valence-corrected chi connectivity index (χ3v) is 3.56. The Morgan fingerprint density at radius 1 is 1.47 bits per heavy atom. The van der Waals surface area contributed by atoms with E-state index in [0.717, 1.165) is 0 Å². The molecule has 0 unspecified atom stereocenters. The lowest BCUT2D eigenvalue weighted by atomic mass is 10.2. The summed E-state index contributed by atoms with van der Waals surface area (Å²) in [6.45, 7) is 1.93. The molecule has 5 N–H and O–H groups in total. The van der Waals surface area contributed by atoms with E-state index >= 15 is 0 Å². The number of benzene rings is 1. The maximum absolute atomic E-state index is 10.8. The summed E-state index contributed by atoms with van der Waals surface area (Å²) in [6, 6.07) is 4.52. The van der Waals surface area contributed by atoms with Crippen LogP contribution in [0.4, 0.5) is 5.69 Å². The fourth-order valence-corrected chi connectivity index (χ4v) is 2.29. The van der Waals surface area contributed by atoms with E-state index in [9.17, 15) is 4.79 Å². The number of rotatable bonds is 4. The van der Waals surface area contributed by atoms with Gasteiger partial charge in [0, 0.05) is 17.0 Å². The molecule has 100 valence electrons. The van der Waals surface area contributed by atoms with Gasteiger partial charge in [-0.15, -0.1) is 10.2 Å². The normalized spacial score (nSPS) is 10.6. The molecular formula is C11H13N5O2S. The number of carbonyl (C=O) groups is 1. The number of nitrogens with zero attached hydrogens (tertiary/aromatic N) is 3. The van der Waals surface area contributed by atoms with Crippen molar-refractivity contribution in [3.63, 3.8) is 0 Å².